The van der Waals surface area contributed by atoms with Crippen molar-refractivity contribution in [2.24, 2.45) is 0 Å². The molecule has 28 heavy (non-hydrogen) atoms. The largest absolute Gasteiger partial charge is 0.324 e. The normalized spacial score (nSPS) is 12.1. The molecule has 0 spiro atoms. The number of para-hydroxylation sites is 1. The third-order valence-electron chi connectivity index (χ3n) is 4.90. The zero-order valence-corrected chi connectivity index (χ0v) is 15.5. The van der Waals surface area contributed by atoms with Crippen LogP contribution in [0.25, 0.3) is 5.65 Å². The van der Waals surface area contributed by atoms with Gasteiger partial charge in [-0.15, -0.1) is 0 Å². The standard InChI is InChI=1S/C23H20FN3O/c1-16-8-2-3-9-17(16)18(21-15-25-22-12-6-7-13-27(21)22)14-23(28)26-20-11-5-4-10-19(20)24/h2-13,15,18H,14H2,1H3,(H,26,28)/t18-/m1/s1. The minimum atomic E-state index is -0.446. The molecule has 0 aliphatic rings. The summed E-state index contributed by atoms with van der Waals surface area (Å²) in [7, 11) is 0. The number of nitrogens with zero attached hydrogens (tertiary/aromatic N) is 2. The van der Waals surface area contributed by atoms with Crippen LogP contribution in [0.1, 0.15) is 29.2 Å². The van der Waals surface area contributed by atoms with Gasteiger partial charge in [0, 0.05) is 24.7 Å². The lowest BCUT2D eigenvalue weighted by Crippen LogP contribution is -2.18. The molecular formula is C23H20FN3O. The van der Waals surface area contributed by atoms with E-state index in [-0.39, 0.29) is 23.9 Å². The molecule has 0 saturated carbocycles. The van der Waals surface area contributed by atoms with Crippen LogP contribution in [0.2, 0.25) is 0 Å². The summed E-state index contributed by atoms with van der Waals surface area (Å²) in [6.07, 6.45) is 3.93. The molecule has 0 saturated heterocycles. The van der Waals surface area contributed by atoms with Gasteiger partial charge in [-0.25, -0.2) is 9.37 Å². The predicted molar refractivity (Wildman–Crippen MR) is 108 cm³/mol. The predicted octanol–water partition coefficient (Wildman–Crippen LogP) is 4.94. The molecule has 5 heteroatoms. The van der Waals surface area contributed by atoms with Crippen molar-refractivity contribution in [2.75, 3.05) is 5.32 Å². The highest BCUT2D eigenvalue weighted by Crippen LogP contribution is 2.31. The Morgan fingerprint density at radius 1 is 1.07 bits per heavy atom. The van der Waals surface area contributed by atoms with Crippen LogP contribution in [0.4, 0.5) is 10.1 Å². The first-order valence-corrected chi connectivity index (χ1v) is 9.15. The van der Waals surface area contributed by atoms with E-state index in [9.17, 15) is 9.18 Å². The number of hydrogen-bond acceptors (Lipinski definition) is 2. The van der Waals surface area contributed by atoms with Crippen molar-refractivity contribution >= 4 is 17.2 Å². The number of rotatable bonds is 5. The zero-order valence-electron chi connectivity index (χ0n) is 15.5. The van der Waals surface area contributed by atoms with Crippen molar-refractivity contribution in [3.8, 4) is 0 Å². The molecule has 4 aromatic rings. The maximum Gasteiger partial charge on any atom is 0.225 e. The summed E-state index contributed by atoms with van der Waals surface area (Å²) in [5.41, 5.74) is 4.09. The number of carbonyl (C=O) groups excluding carboxylic acids is 1. The number of hydrogen-bond donors (Lipinski definition) is 1. The first-order chi connectivity index (χ1) is 13.6. The van der Waals surface area contributed by atoms with E-state index in [0.717, 1.165) is 22.5 Å². The molecule has 0 aliphatic heterocycles. The molecule has 4 nitrogen and oxygen atoms in total. The van der Waals surface area contributed by atoms with Crippen LogP contribution in [0, 0.1) is 12.7 Å². The molecular weight excluding hydrogens is 353 g/mol. The highest BCUT2D eigenvalue weighted by Gasteiger charge is 2.23. The Morgan fingerprint density at radius 3 is 2.64 bits per heavy atom. The Hall–Kier alpha value is -3.47. The summed E-state index contributed by atoms with van der Waals surface area (Å²) in [6, 6.07) is 20.0. The van der Waals surface area contributed by atoms with E-state index < -0.39 is 5.82 Å². The molecule has 1 atom stereocenters. The van der Waals surface area contributed by atoms with Gasteiger partial charge in [-0.2, -0.15) is 0 Å². The molecule has 0 bridgehead atoms. The van der Waals surface area contributed by atoms with Crippen molar-refractivity contribution in [3.63, 3.8) is 0 Å². The molecule has 1 amide bonds. The number of nitrogens with one attached hydrogen (secondary N) is 1. The van der Waals surface area contributed by atoms with Crippen molar-refractivity contribution < 1.29 is 9.18 Å². The Bertz CT molecular complexity index is 1140. The van der Waals surface area contributed by atoms with Gasteiger partial charge in [-0.1, -0.05) is 42.5 Å². The third kappa shape index (κ3) is 3.51. The molecule has 140 valence electrons. The van der Waals surface area contributed by atoms with Crippen molar-refractivity contribution in [1.82, 2.24) is 9.38 Å². The van der Waals surface area contributed by atoms with Crippen LogP contribution in [-0.2, 0) is 4.79 Å². The van der Waals surface area contributed by atoms with Crippen molar-refractivity contribution in [1.29, 1.82) is 0 Å². The van der Waals surface area contributed by atoms with Crippen LogP contribution in [0.5, 0.6) is 0 Å². The van der Waals surface area contributed by atoms with Crippen LogP contribution in [0.15, 0.2) is 79.1 Å². The summed E-state index contributed by atoms with van der Waals surface area (Å²) in [5, 5.41) is 2.70. The van der Waals surface area contributed by atoms with Crippen LogP contribution < -0.4 is 5.32 Å². The number of aryl methyl sites for hydroxylation is 1. The summed E-state index contributed by atoms with van der Waals surface area (Å²) in [4.78, 5) is 17.3. The molecule has 0 unspecified atom stereocenters. The smallest absolute Gasteiger partial charge is 0.225 e. The highest BCUT2D eigenvalue weighted by atomic mass is 19.1. The Balaban J connectivity index is 1.71. The molecule has 0 radical (unpaired) electrons. The topological polar surface area (TPSA) is 46.4 Å². The molecule has 0 aliphatic carbocycles. The molecule has 0 fully saturated rings. The maximum absolute atomic E-state index is 13.9. The van der Waals surface area contributed by atoms with Gasteiger partial charge in [0.1, 0.15) is 11.5 Å². The van der Waals surface area contributed by atoms with Gasteiger partial charge in [0.2, 0.25) is 5.91 Å². The van der Waals surface area contributed by atoms with Gasteiger partial charge >= 0.3 is 0 Å². The van der Waals surface area contributed by atoms with Gasteiger partial charge in [0.25, 0.3) is 0 Å². The highest BCUT2D eigenvalue weighted by molar-refractivity contribution is 5.91. The monoisotopic (exact) mass is 373 g/mol. The second-order valence-corrected chi connectivity index (χ2v) is 6.75. The third-order valence-corrected chi connectivity index (χ3v) is 4.90. The fraction of sp³-hybridized carbons (Fsp3) is 0.130. The Morgan fingerprint density at radius 2 is 1.82 bits per heavy atom. The number of halogens is 1. The van der Waals surface area contributed by atoms with E-state index in [2.05, 4.69) is 10.3 Å². The van der Waals surface area contributed by atoms with Crippen LogP contribution in [0.3, 0.4) is 0 Å². The number of carbonyl (C=O) groups is 1. The lowest BCUT2D eigenvalue weighted by atomic mass is 9.89. The molecule has 4 rings (SSSR count). The SMILES string of the molecule is Cc1ccccc1[C@@H](CC(=O)Nc1ccccc1F)c1cnc2ccccn12. The van der Waals surface area contributed by atoms with Gasteiger partial charge < -0.3 is 9.72 Å². The van der Waals surface area contributed by atoms with Gasteiger partial charge in [0.15, 0.2) is 0 Å². The lowest BCUT2D eigenvalue weighted by Gasteiger charge is -2.19. The first-order valence-electron chi connectivity index (χ1n) is 9.15. The van der Waals surface area contributed by atoms with Crippen LogP contribution in [-0.4, -0.2) is 15.3 Å². The second kappa shape index (κ2) is 7.64. The van der Waals surface area contributed by atoms with E-state index in [1.54, 1.807) is 18.2 Å². The maximum atomic E-state index is 13.9. The van der Waals surface area contributed by atoms with E-state index >= 15 is 0 Å². The fourth-order valence-corrected chi connectivity index (χ4v) is 3.51. The fourth-order valence-electron chi connectivity index (χ4n) is 3.51. The number of aromatic nitrogens is 2. The number of anilines is 1. The number of fused-ring (bicyclic) bond motifs is 1. The summed E-state index contributed by atoms with van der Waals surface area (Å²) in [6.45, 7) is 2.03. The minimum Gasteiger partial charge on any atom is -0.324 e. The van der Waals surface area contributed by atoms with Crippen molar-refractivity contribution in [3.05, 3.63) is 102 Å². The summed E-state index contributed by atoms with van der Waals surface area (Å²) < 4.78 is 15.9. The second-order valence-electron chi connectivity index (χ2n) is 6.75. The quantitative estimate of drug-likeness (QED) is 0.538. The number of imidazole rings is 1. The summed E-state index contributed by atoms with van der Waals surface area (Å²) in [5.74, 6) is -0.896. The molecule has 2 aromatic heterocycles. The average molecular weight is 373 g/mol. The first kappa shape index (κ1) is 17.9. The van der Waals surface area contributed by atoms with E-state index in [4.69, 9.17) is 0 Å². The molecule has 2 heterocycles. The van der Waals surface area contributed by atoms with E-state index in [1.165, 1.54) is 6.07 Å². The van der Waals surface area contributed by atoms with Crippen LogP contribution >= 0.6 is 0 Å². The van der Waals surface area contributed by atoms with E-state index in [0.29, 0.717) is 0 Å². The summed E-state index contributed by atoms with van der Waals surface area (Å²) >= 11 is 0. The zero-order chi connectivity index (χ0) is 19.5. The Kier molecular flexibility index (Phi) is 4.89. The van der Waals surface area contributed by atoms with Gasteiger partial charge in [-0.3, -0.25) is 4.79 Å². The minimum absolute atomic E-state index is 0.182. The van der Waals surface area contributed by atoms with Gasteiger partial charge in [-0.05, 0) is 42.3 Å². The lowest BCUT2D eigenvalue weighted by molar-refractivity contribution is -0.116. The van der Waals surface area contributed by atoms with Gasteiger partial charge in [0.05, 0.1) is 11.4 Å². The van der Waals surface area contributed by atoms with Crippen molar-refractivity contribution in [2.45, 2.75) is 19.3 Å². The average Bonchev–Trinajstić information content (AvgIpc) is 3.13. The number of pyridine rings is 1. The van der Waals surface area contributed by atoms with E-state index in [1.807, 2.05) is 66.2 Å². The Labute approximate surface area is 162 Å². The number of amides is 1. The molecule has 1 N–H and O–H groups in total. The number of benzene rings is 2. The molecule has 2 aromatic carbocycles.